The molecule has 0 aliphatic carbocycles. The smallest absolute Gasteiger partial charge is 0.343 e. The lowest BCUT2D eigenvalue weighted by Crippen LogP contribution is -2.25. The van der Waals surface area contributed by atoms with Gasteiger partial charge >= 0.3 is 5.97 Å². The van der Waals surface area contributed by atoms with Crippen LogP contribution in [0.15, 0.2) is 42.5 Å². The van der Waals surface area contributed by atoms with Gasteiger partial charge in [-0.3, -0.25) is 4.79 Å². The zero-order chi connectivity index (χ0) is 16.2. The second-order valence-corrected chi connectivity index (χ2v) is 4.69. The topological polar surface area (TPSA) is 77.1 Å². The molecule has 1 aliphatic rings. The summed E-state index contributed by atoms with van der Waals surface area (Å²) in [5, 5.41) is 1.34. The van der Waals surface area contributed by atoms with Crippen molar-refractivity contribution in [3.05, 3.63) is 53.6 Å². The summed E-state index contributed by atoms with van der Waals surface area (Å²) in [5.41, 5.74) is 4.57. The maximum absolute atomic E-state index is 12.2. The number of hydroxylamine groups is 1. The van der Waals surface area contributed by atoms with Crippen molar-refractivity contribution in [1.29, 1.82) is 0 Å². The third kappa shape index (κ3) is 2.82. The van der Waals surface area contributed by atoms with Gasteiger partial charge in [-0.15, -0.1) is 0 Å². The highest BCUT2D eigenvalue weighted by Crippen LogP contribution is 2.34. The molecule has 2 aromatic rings. The van der Waals surface area contributed by atoms with E-state index in [0.717, 1.165) is 6.29 Å². The molecule has 0 amide bonds. The van der Waals surface area contributed by atoms with Crippen molar-refractivity contribution < 1.29 is 24.0 Å². The van der Waals surface area contributed by atoms with Crippen molar-refractivity contribution in [3.8, 4) is 5.75 Å². The molecule has 23 heavy (non-hydrogen) atoms. The number of carbonyl (C=O) groups excluding carboxylic acids is 2. The minimum atomic E-state index is -0.536. The number of hydrogen-bond donors (Lipinski definition) is 1. The van der Waals surface area contributed by atoms with Gasteiger partial charge in [0, 0.05) is 5.56 Å². The summed E-state index contributed by atoms with van der Waals surface area (Å²) in [7, 11) is 1.48. The van der Waals surface area contributed by atoms with E-state index in [0.29, 0.717) is 28.3 Å². The van der Waals surface area contributed by atoms with Gasteiger partial charge in [-0.1, -0.05) is 18.2 Å². The zero-order valence-corrected chi connectivity index (χ0v) is 12.3. The van der Waals surface area contributed by atoms with E-state index in [9.17, 15) is 9.59 Å². The Morgan fingerprint density at radius 3 is 2.87 bits per heavy atom. The van der Waals surface area contributed by atoms with Gasteiger partial charge in [-0.2, -0.15) is 10.0 Å². The largest absolute Gasteiger partial charge is 0.496 e. The molecule has 1 heterocycles. The summed E-state index contributed by atoms with van der Waals surface area (Å²) in [6, 6.07) is 11.9. The summed E-state index contributed by atoms with van der Waals surface area (Å²) in [6.07, 6.45) is 0.722. The highest BCUT2D eigenvalue weighted by atomic mass is 16.8. The Bertz CT molecular complexity index is 747. The molecule has 0 radical (unpaired) electrons. The number of nitrogens with zero attached hydrogens (tertiary/aromatic N) is 1. The predicted octanol–water partition coefficient (Wildman–Crippen LogP) is 2.40. The number of anilines is 2. The van der Waals surface area contributed by atoms with Gasteiger partial charge in [-0.05, 0) is 24.3 Å². The number of benzene rings is 2. The van der Waals surface area contributed by atoms with E-state index in [-0.39, 0.29) is 6.73 Å². The number of fused-ring (bicyclic) bond motifs is 1. The first-order valence-corrected chi connectivity index (χ1v) is 6.83. The molecule has 7 heteroatoms. The van der Waals surface area contributed by atoms with E-state index in [1.807, 2.05) is 0 Å². The fourth-order valence-corrected chi connectivity index (χ4v) is 2.23. The predicted molar refractivity (Wildman–Crippen MR) is 82.3 cm³/mol. The molecule has 0 saturated carbocycles. The summed E-state index contributed by atoms with van der Waals surface area (Å²) in [4.78, 5) is 28.4. The second kappa shape index (κ2) is 6.37. The van der Waals surface area contributed by atoms with Crippen molar-refractivity contribution >= 4 is 23.6 Å². The van der Waals surface area contributed by atoms with Gasteiger partial charge in [0.2, 0.25) is 0 Å². The highest BCUT2D eigenvalue weighted by Gasteiger charge is 2.24. The molecule has 0 spiro atoms. The Hall–Kier alpha value is -3.06. The Labute approximate surface area is 132 Å². The van der Waals surface area contributed by atoms with E-state index in [1.54, 1.807) is 42.5 Å². The molecular formula is C16H14N2O5. The summed E-state index contributed by atoms with van der Waals surface area (Å²) < 4.78 is 10.4. The number of para-hydroxylation sites is 2. The summed E-state index contributed by atoms with van der Waals surface area (Å²) in [5.74, 6) is -0.104. The number of carbonyl (C=O) groups is 2. The monoisotopic (exact) mass is 314 g/mol. The Morgan fingerprint density at radius 2 is 2.09 bits per heavy atom. The number of hydrogen-bond acceptors (Lipinski definition) is 7. The van der Waals surface area contributed by atoms with Gasteiger partial charge < -0.3 is 9.47 Å². The number of ether oxygens (including phenoxy) is 2. The Kier molecular flexibility index (Phi) is 4.11. The van der Waals surface area contributed by atoms with E-state index in [4.69, 9.17) is 14.4 Å². The SMILES string of the molecule is COc1ccccc1C(=O)OCN1ONc2c(C=O)cccc21. The van der Waals surface area contributed by atoms with E-state index >= 15 is 0 Å². The Balaban J connectivity index is 1.71. The zero-order valence-electron chi connectivity index (χ0n) is 12.3. The molecule has 118 valence electrons. The summed E-state index contributed by atoms with van der Waals surface area (Å²) in [6.45, 7) is -0.140. The maximum Gasteiger partial charge on any atom is 0.343 e. The highest BCUT2D eigenvalue weighted by molar-refractivity contribution is 5.93. The van der Waals surface area contributed by atoms with Gasteiger partial charge in [0.15, 0.2) is 13.0 Å². The maximum atomic E-state index is 12.2. The van der Waals surface area contributed by atoms with Crippen LogP contribution in [-0.2, 0) is 9.68 Å². The third-order valence-corrected chi connectivity index (χ3v) is 3.37. The molecule has 3 rings (SSSR count). The van der Waals surface area contributed by atoms with Gasteiger partial charge in [0.05, 0.1) is 18.5 Å². The van der Waals surface area contributed by atoms with Crippen molar-refractivity contribution in [1.82, 2.24) is 0 Å². The van der Waals surface area contributed by atoms with Crippen molar-refractivity contribution in [2.75, 3.05) is 24.4 Å². The summed E-state index contributed by atoms with van der Waals surface area (Å²) >= 11 is 0. The molecule has 0 aromatic heterocycles. The average molecular weight is 314 g/mol. The number of methoxy groups -OCH3 is 1. The molecule has 1 aliphatic heterocycles. The van der Waals surface area contributed by atoms with Crippen LogP contribution in [0.5, 0.6) is 5.75 Å². The van der Waals surface area contributed by atoms with Crippen LogP contribution >= 0.6 is 0 Å². The van der Waals surface area contributed by atoms with Gasteiger partial charge in [0.25, 0.3) is 0 Å². The molecule has 0 saturated heterocycles. The van der Waals surface area contributed by atoms with Crippen LogP contribution in [-0.4, -0.2) is 26.1 Å². The van der Waals surface area contributed by atoms with Crippen molar-refractivity contribution in [2.24, 2.45) is 0 Å². The molecule has 2 aromatic carbocycles. The van der Waals surface area contributed by atoms with Gasteiger partial charge in [0.1, 0.15) is 11.3 Å². The molecule has 0 fully saturated rings. The van der Waals surface area contributed by atoms with Crippen molar-refractivity contribution in [3.63, 3.8) is 0 Å². The fourth-order valence-electron chi connectivity index (χ4n) is 2.23. The van der Waals surface area contributed by atoms with Crippen LogP contribution in [0.25, 0.3) is 0 Å². The molecule has 0 unspecified atom stereocenters. The van der Waals surface area contributed by atoms with Crippen LogP contribution in [0.3, 0.4) is 0 Å². The number of esters is 1. The molecule has 7 nitrogen and oxygen atoms in total. The normalized spacial score (nSPS) is 12.3. The molecular weight excluding hydrogens is 300 g/mol. The fraction of sp³-hybridized carbons (Fsp3) is 0.125. The first kappa shape index (κ1) is 14.9. The first-order valence-electron chi connectivity index (χ1n) is 6.83. The second-order valence-electron chi connectivity index (χ2n) is 4.69. The molecule has 0 atom stereocenters. The van der Waals surface area contributed by atoms with Crippen LogP contribution < -0.4 is 15.3 Å². The van der Waals surface area contributed by atoms with Gasteiger partial charge in [-0.25, -0.2) is 10.3 Å². The van der Waals surface area contributed by atoms with E-state index in [1.165, 1.54) is 12.2 Å². The van der Waals surface area contributed by atoms with E-state index < -0.39 is 5.97 Å². The standard InChI is InChI=1S/C16H14N2O5/c1-21-14-8-3-2-6-12(14)16(20)22-10-18-13-7-4-5-11(9-19)15(13)17-23-18/h2-9,17H,10H2,1H3. The number of rotatable bonds is 5. The first-order chi connectivity index (χ1) is 11.2. The van der Waals surface area contributed by atoms with Crippen LogP contribution in [0.1, 0.15) is 20.7 Å². The van der Waals surface area contributed by atoms with Crippen LogP contribution in [0.2, 0.25) is 0 Å². The minimum Gasteiger partial charge on any atom is -0.496 e. The van der Waals surface area contributed by atoms with Crippen LogP contribution in [0.4, 0.5) is 11.4 Å². The minimum absolute atomic E-state index is 0.140. The lowest BCUT2D eigenvalue weighted by molar-refractivity contribution is 0.0331. The molecule has 1 N–H and O–H groups in total. The molecule has 0 bridgehead atoms. The third-order valence-electron chi connectivity index (χ3n) is 3.37. The number of aldehydes is 1. The number of nitrogens with one attached hydrogen (secondary N) is 1. The van der Waals surface area contributed by atoms with Crippen LogP contribution in [0, 0.1) is 0 Å². The lowest BCUT2D eigenvalue weighted by atomic mass is 10.1. The van der Waals surface area contributed by atoms with E-state index in [2.05, 4.69) is 5.48 Å². The quantitative estimate of drug-likeness (QED) is 0.670. The average Bonchev–Trinajstić information content (AvgIpc) is 3.02. The van der Waals surface area contributed by atoms with Crippen molar-refractivity contribution in [2.45, 2.75) is 0 Å². The lowest BCUT2D eigenvalue weighted by Gasteiger charge is -2.15. The Morgan fingerprint density at radius 1 is 1.26 bits per heavy atom.